The molecule has 1 aliphatic rings. The predicted octanol–water partition coefficient (Wildman–Crippen LogP) is 2.70. The van der Waals surface area contributed by atoms with Crippen molar-refractivity contribution in [3.05, 3.63) is 16.6 Å². The van der Waals surface area contributed by atoms with Crippen LogP contribution in [0.1, 0.15) is 44.0 Å². The second-order valence-corrected chi connectivity index (χ2v) is 6.31. The standard InChI is InChI=1S/C14H24N2OS/c1-2-16(10-6-13-15-9-11-18-13)12-14(17)7-4-3-5-8-14/h9,11,17H,2-8,10,12H2,1H3. The van der Waals surface area contributed by atoms with Crippen molar-refractivity contribution in [3.63, 3.8) is 0 Å². The Kier molecular flexibility index (Phi) is 5.15. The van der Waals surface area contributed by atoms with Crippen LogP contribution in [0.2, 0.25) is 0 Å². The Hall–Kier alpha value is -0.450. The molecule has 0 atom stereocenters. The summed E-state index contributed by atoms with van der Waals surface area (Å²) in [4.78, 5) is 6.68. The molecule has 0 spiro atoms. The van der Waals surface area contributed by atoms with Gasteiger partial charge in [-0.1, -0.05) is 26.2 Å². The molecule has 1 N–H and O–H groups in total. The van der Waals surface area contributed by atoms with E-state index in [-0.39, 0.29) is 0 Å². The van der Waals surface area contributed by atoms with E-state index >= 15 is 0 Å². The number of thiazole rings is 1. The van der Waals surface area contributed by atoms with Gasteiger partial charge >= 0.3 is 0 Å². The molecule has 1 saturated carbocycles. The van der Waals surface area contributed by atoms with Crippen LogP contribution in [0.4, 0.5) is 0 Å². The topological polar surface area (TPSA) is 36.4 Å². The van der Waals surface area contributed by atoms with E-state index in [4.69, 9.17) is 0 Å². The average molecular weight is 268 g/mol. The third-order valence-electron chi connectivity index (χ3n) is 3.87. The van der Waals surface area contributed by atoms with Gasteiger partial charge in [-0.3, -0.25) is 0 Å². The smallest absolute Gasteiger partial charge is 0.0937 e. The molecule has 0 radical (unpaired) electrons. The maximum Gasteiger partial charge on any atom is 0.0937 e. The van der Waals surface area contributed by atoms with E-state index in [1.165, 1.54) is 24.3 Å². The van der Waals surface area contributed by atoms with Crippen molar-refractivity contribution < 1.29 is 5.11 Å². The molecule has 1 fully saturated rings. The van der Waals surface area contributed by atoms with Crippen LogP contribution in [0.3, 0.4) is 0 Å². The van der Waals surface area contributed by atoms with Crippen molar-refractivity contribution in [1.29, 1.82) is 0 Å². The first-order valence-corrected chi connectivity index (χ1v) is 7.93. The predicted molar refractivity (Wildman–Crippen MR) is 76.0 cm³/mol. The number of likely N-dealkylation sites (N-methyl/N-ethyl adjacent to an activating group) is 1. The molecule has 0 aliphatic heterocycles. The fraction of sp³-hybridized carbons (Fsp3) is 0.786. The van der Waals surface area contributed by atoms with Gasteiger partial charge in [-0.25, -0.2) is 4.98 Å². The Morgan fingerprint density at radius 3 is 2.78 bits per heavy atom. The first kappa shape index (κ1) is 14.0. The van der Waals surface area contributed by atoms with Crippen LogP contribution < -0.4 is 0 Å². The van der Waals surface area contributed by atoms with Crippen molar-refractivity contribution in [3.8, 4) is 0 Å². The number of nitrogens with zero attached hydrogens (tertiary/aromatic N) is 2. The monoisotopic (exact) mass is 268 g/mol. The van der Waals surface area contributed by atoms with E-state index in [0.29, 0.717) is 0 Å². The lowest BCUT2D eigenvalue weighted by molar-refractivity contribution is -0.0249. The van der Waals surface area contributed by atoms with Crippen LogP contribution in [0, 0.1) is 0 Å². The summed E-state index contributed by atoms with van der Waals surface area (Å²) >= 11 is 1.72. The highest BCUT2D eigenvalue weighted by atomic mass is 32.1. The zero-order chi connectivity index (χ0) is 12.8. The fourth-order valence-corrected chi connectivity index (χ4v) is 3.37. The second kappa shape index (κ2) is 6.64. The van der Waals surface area contributed by atoms with E-state index in [0.717, 1.165) is 38.9 Å². The Morgan fingerprint density at radius 2 is 2.17 bits per heavy atom. The molecule has 0 unspecified atom stereocenters. The number of aromatic nitrogens is 1. The van der Waals surface area contributed by atoms with Gasteiger partial charge in [0.05, 0.1) is 10.6 Å². The van der Waals surface area contributed by atoms with Crippen molar-refractivity contribution in [2.45, 2.75) is 51.0 Å². The van der Waals surface area contributed by atoms with E-state index in [1.54, 1.807) is 11.3 Å². The van der Waals surface area contributed by atoms with Crippen molar-refractivity contribution in [1.82, 2.24) is 9.88 Å². The highest BCUT2D eigenvalue weighted by molar-refractivity contribution is 7.09. The SMILES string of the molecule is CCN(CCc1nccs1)CC1(O)CCCCC1. The summed E-state index contributed by atoms with van der Waals surface area (Å²) < 4.78 is 0. The lowest BCUT2D eigenvalue weighted by Gasteiger charge is -2.36. The number of rotatable bonds is 6. The van der Waals surface area contributed by atoms with Crippen molar-refractivity contribution in [2.75, 3.05) is 19.6 Å². The number of hydrogen-bond acceptors (Lipinski definition) is 4. The quantitative estimate of drug-likeness (QED) is 0.862. The summed E-state index contributed by atoms with van der Waals surface area (Å²) in [6, 6.07) is 0. The lowest BCUT2D eigenvalue weighted by Crippen LogP contribution is -2.45. The van der Waals surface area contributed by atoms with Gasteiger partial charge in [0, 0.05) is 31.1 Å². The molecule has 3 nitrogen and oxygen atoms in total. The minimum absolute atomic E-state index is 0.433. The van der Waals surface area contributed by atoms with E-state index in [9.17, 15) is 5.11 Å². The third-order valence-corrected chi connectivity index (χ3v) is 4.71. The molecule has 0 amide bonds. The van der Waals surface area contributed by atoms with Gasteiger partial charge in [-0.05, 0) is 19.4 Å². The molecule has 0 aromatic carbocycles. The second-order valence-electron chi connectivity index (χ2n) is 5.33. The summed E-state index contributed by atoms with van der Waals surface area (Å²) in [7, 11) is 0. The molecule has 1 aromatic rings. The van der Waals surface area contributed by atoms with Gasteiger partial charge in [0.1, 0.15) is 0 Å². The maximum absolute atomic E-state index is 10.6. The first-order chi connectivity index (χ1) is 8.72. The normalized spacial score (nSPS) is 19.3. The summed E-state index contributed by atoms with van der Waals surface area (Å²) in [6.07, 6.45) is 8.46. The average Bonchev–Trinajstić information content (AvgIpc) is 2.88. The molecule has 1 aliphatic carbocycles. The van der Waals surface area contributed by atoms with E-state index < -0.39 is 5.60 Å². The van der Waals surface area contributed by atoms with Gasteiger partial charge in [0.25, 0.3) is 0 Å². The Labute approximate surface area is 114 Å². The van der Waals surface area contributed by atoms with Crippen LogP contribution >= 0.6 is 11.3 Å². The third kappa shape index (κ3) is 4.04. The molecule has 0 saturated heterocycles. The van der Waals surface area contributed by atoms with Crippen molar-refractivity contribution in [2.24, 2.45) is 0 Å². The molecule has 1 aromatic heterocycles. The minimum Gasteiger partial charge on any atom is -0.389 e. The van der Waals surface area contributed by atoms with Gasteiger partial charge in [-0.2, -0.15) is 0 Å². The molecule has 1 heterocycles. The fourth-order valence-electron chi connectivity index (χ4n) is 2.76. The van der Waals surface area contributed by atoms with E-state index in [1.807, 2.05) is 11.6 Å². The van der Waals surface area contributed by atoms with Gasteiger partial charge < -0.3 is 10.0 Å². The molecule has 18 heavy (non-hydrogen) atoms. The molecule has 102 valence electrons. The van der Waals surface area contributed by atoms with Crippen LogP contribution in [0.5, 0.6) is 0 Å². The van der Waals surface area contributed by atoms with Crippen molar-refractivity contribution >= 4 is 11.3 Å². The van der Waals surface area contributed by atoms with Crippen LogP contribution in [-0.2, 0) is 6.42 Å². The van der Waals surface area contributed by atoms with Crippen LogP contribution in [0.15, 0.2) is 11.6 Å². The highest BCUT2D eigenvalue weighted by Gasteiger charge is 2.30. The van der Waals surface area contributed by atoms with Gasteiger partial charge in [0.15, 0.2) is 0 Å². The summed E-state index contributed by atoms with van der Waals surface area (Å²) in [5.41, 5.74) is -0.433. The van der Waals surface area contributed by atoms with E-state index in [2.05, 4.69) is 16.8 Å². The molecule has 2 rings (SSSR count). The Bertz CT molecular complexity index is 334. The summed E-state index contributed by atoms with van der Waals surface area (Å²) in [5, 5.41) is 13.8. The zero-order valence-electron chi connectivity index (χ0n) is 11.3. The minimum atomic E-state index is -0.433. The zero-order valence-corrected chi connectivity index (χ0v) is 12.1. The number of hydrogen-bond donors (Lipinski definition) is 1. The molecular formula is C14H24N2OS. The molecule has 0 bridgehead atoms. The number of aliphatic hydroxyl groups is 1. The largest absolute Gasteiger partial charge is 0.389 e. The van der Waals surface area contributed by atoms with Crippen LogP contribution in [0.25, 0.3) is 0 Å². The highest BCUT2D eigenvalue weighted by Crippen LogP contribution is 2.28. The maximum atomic E-state index is 10.6. The first-order valence-electron chi connectivity index (χ1n) is 7.05. The van der Waals surface area contributed by atoms with Crippen LogP contribution in [-0.4, -0.2) is 40.2 Å². The summed E-state index contributed by atoms with van der Waals surface area (Å²) in [6.45, 7) is 5.02. The molecular weight excluding hydrogens is 244 g/mol. The summed E-state index contributed by atoms with van der Waals surface area (Å²) in [5.74, 6) is 0. The van der Waals surface area contributed by atoms with Gasteiger partial charge in [0.2, 0.25) is 0 Å². The Morgan fingerprint density at radius 1 is 1.39 bits per heavy atom. The van der Waals surface area contributed by atoms with Gasteiger partial charge in [-0.15, -0.1) is 11.3 Å². The molecule has 4 heteroatoms. The Balaban J connectivity index is 1.80. The lowest BCUT2D eigenvalue weighted by atomic mass is 9.84.